The highest BCUT2D eigenvalue weighted by molar-refractivity contribution is 9.10. The molecule has 1 aromatic rings. The number of sulfonamides is 1. The van der Waals surface area contributed by atoms with Gasteiger partial charge in [0.25, 0.3) is 0 Å². The van der Waals surface area contributed by atoms with Gasteiger partial charge in [-0.15, -0.1) is 0 Å². The van der Waals surface area contributed by atoms with Crippen molar-refractivity contribution in [2.75, 3.05) is 12.3 Å². The van der Waals surface area contributed by atoms with Crippen molar-refractivity contribution < 1.29 is 13.5 Å². The third-order valence-electron chi connectivity index (χ3n) is 3.88. The molecule has 1 N–H and O–H groups in total. The van der Waals surface area contributed by atoms with Crippen LogP contribution in [0.15, 0.2) is 21.5 Å². The van der Waals surface area contributed by atoms with Gasteiger partial charge in [-0.1, -0.05) is 13.0 Å². The summed E-state index contributed by atoms with van der Waals surface area (Å²) in [5.41, 5.74) is 1.42. The van der Waals surface area contributed by atoms with Gasteiger partial charge >= 0.3 is 0 Å². The molecule has 2 rings (SSSR count). The normalized spacial score (nSPS) is 24.2. The highest BCUT2D eigenvalue weighted by atomic mass is 79.9. The monoisotopic (exact) mass is 393 g/mol. The Morgan fingerprint density at radius 2 is 2.10 bits per heavy atom. The van der Waals surface area contributed by atoms with Crippen LogP contribution in [0.2, 0.25) is 0 Å². The largest absolute Gasteiger partial charge is 0.392 e. The first-order valence-corrected chi connectivity index (χ1v) is 10.1. The van der Waals surface area contributed by atoms with Crippen LogP contribution in [0.1, 0.15) is 25.0 Å². The van der Waals surface area contributed by atoms with E-state index in [-0.39, 0.29) is 22.8 Å². The molecule has 1 fully saturated rings. The van der Waals surface area contributed by atoms with Crippen molar-refractivity contribution in [2.24, 2.45) is 0 Å². The summed E-state index contributed by atoms with van der Waals surface area (Å²) in [5.74, 6) is 0.807. The van der Waals surface area contributed by atoms with Gasteiger partial charge < -0.3 is 5.11 Å². The number of aryl methyl sites for hydroxylation is 1. The smallest absolute Gasteiger partial charge is 0.244 e. The fourth-order valence-corrected chi connectivity index (χ4v) is 6.49. The molecule has 1 heterocycles. The summed E-state index contributed by atoms with van der Waals surface area (Å²) in [4.78, 5) is 0.248. The molecule has 21 heavy (non-hydrogen) atoms. The van der Waals surface area contributed by atoms with Crippen LogP contribution in [0.4, 0.5) is 0 Å². The third-order valence-corrected chi connectivity index (χ3v) is 8.54. The zero-order chi connectivity index (χ0) is 15.8. The maximum atomic E-state index is 13.0. The Balaban J connectivity index is 2.51. The number of aliphatic hydroxyl groups is 1. The number of benzene rings is 1. The third kappa shape index (κ3) is 3.32. The molecule has 2 atom stereocenters. The number of rotatable bonds is 3. The second-order valence-electron chi connectivity index (χ2n) is 5.32. The Morgan fingerprint density at radius 1 is 1.43 bits per heavy atom. The molecular formula is C14H20BrNO3S2. The van der Waals surface area contributed by atoms with Crippen molar-refractivity contribution in [3.8, 4) is 0 Å². The number of aliphatic hydroxyl groups excluding tert-OH is 1. The Kier molecular flexibility index (Phi) is 5.41. The summed E-state index contributed by atoms with van der Waals surface area (Å²) in [6, 6.07) is 3.31. The quantitative estimate of drug-likeness (QED) is 0.857. The van der Waals surface area contributed by atoms with E-state index in [0.29, 0.717) is 16.6 Å². The zero-order valence-electron chi connectivity index (χ0n) is 12.3. The molecule has 0 aliphatic carbocycles. The molecule has 1 aromatic carbocycles. The Hall–Kier alpha value is -0.0800. The van der Waals surface area contributed by atoms with Crippen LogP contribution in [0.25, 0.3) is 0 Å². The second kappa shape index (κ2) is 6.58. The van der Waals surface area contributed by atoms with Gasteiger partial charge in [-0.3, -0.25) is 0 Å². The highest BCUT2D eigenvalue weighted by Crippen LogP contribution is 2.34. The molecule has 1 saturated heterocycles. The average molecular weight is 394 g/mol. The SMILES string of the molecule is Cc1cc(CO)cc(S(=O)(=O)N2CCSC(C)C2C)c1Br. The van der Waals surface area contributed by atoms with Crippen LogP contribution in [0.3, 0.4) is 0 Å². The minimum Gasteiger partial charge on any atom is -0.392 e. The van der Waals surface area contributed by atoms with Crippen molar-refractivity contribution in [3.63, 3.8) is 0 Å². The van der Waals surface area contributed by atoms with E-state index in [0.717, 1.165) is 11.3 Å². The lowest BCUT2D eigenvalue weighted by Crippen LogP contribution is -2.47. The summed E-state index contributed by atoms with van der Waals surface area (Å²) < 4.78 is 28.1. The summed E-state index contributed by atoms with van der Waals surface area (Å²) in [5, 5.41) is 9.59. The van der Waals surface area contributed by atoms with E-state index in [1.54, 1.807) is 28.2 Å². The number of hydrogen-bond donors (Lipinski definition) is 1. The van der Waals surface area contributed by atoms with E-state index in [1.807, 2.05) is 13.8 Å². The van der Waals surface area contributed by atoms with Gasteiger partial charge in [0.05, 0.1) is 11.5 Å². The first kappa shape index (κ1) is 17.3. The standard InChI is InChI=1S/C14H20BrNO3S2/c1-9-6-12(8-17)7-13(14(9)15)21(18,19)16-4-5-20-11(3)10(16)2/h6-7,10-11,17H,4-5,8H2,1-3H3. The molecule has 0 radical (unpaired) electrons. The van der Waals surface area contributed by atoms with Crippen molar-refractivity contribution in [2.45, 2.75) is 43.6 Å². The maximum absolute atomic E-state index is 13.0. The summed E-state index contributed by atoms with van der Waals surface area (Å²) in [6.45, 7) is 6.19. The number of thioether (sulfide) groups is 1. The molecule has 1 aliphatic heterocycles. The van der Waals surface area contributed by atoms with Gasteiger partial charge in [0, 0.05) is 28.1 Å². The molecule has 7 heteroatoms. The molecule has 118 valence electrons. The van der Waals surface area contributed by atoms with E-state index >= 15 is 0 Å². The lowest BCUT2D eigenvalue weighted by Gasteiger charge is -2.36. The van der Waals surface area contributed by atoms with Crippen molar-refractivity contribution >= 4 is 37.7 Å². The molecule has 2 unspecified atom stereocenters. The van der Waals surface area contributed by atoms with Crippen molar-refractivity contribution in [1.29, 1.82) is 0 Å². The van der Waals surface area contributed by atoms with Crippen LogP contribution in [0.5, 0.6) is 0 Å². The Morgan fingerprint density at radius 3 is 2.71 bits per heavy atom. The van der Waals surface area contributed by atoms with E-state index in [4.69, 9.17) is 0 Å². The van der Waals surface area contributed by atoms with E-state index in [9.17, 15) is 13.5 Å². The Labute approximate surface area is 139 Å². The topological polar surface area (TPSA) is 57.6 Å². The molecule has 0 amide bonds. The average Bonchev–Trinajstić information content (AvgIpc) is 2.44. The fraction of sp³-hybridized carbons (Fsp3) is 0.571. The van der Waals surface area contributed by atoms with E-state index < -0.39 is 10.0 Å². The highest BCUT2D eigenvalue weighted by Gasteiger charge is 2.36. The first-order valence-electron chi connectivity index (χ1n) is 6.82. The minimum atomic E-state index is -3.57. The molecule has 4 nitrogen and oxygen atoms in total. The fourth-order valence-electron chi connectivity index (χ4n) is 2.46. The number of nitrogens with zero attached hydrogens (tertiary/aromatic N) is 1. The molecule has 0 bridgehead atoms. The van der Waals surface area contributed by atoms with E-state index in [2.05, 4.69) is 22.9 Å². The molecule has 0 aromatic heterocycles. The van der Waals surface area contributed by atoms with Crippen LogP contribution in [-0.4, -0.2) is 41.4 Å². The number of hydrogen-bond acceptors (Lipinski definition) is 4. The Bertz CT molecular complexity index is 633. The molecule has 0 saturated carbocycles. The van der Waals surface area contributed by atoms with E-state index in [1.165, 1.54) is 0 Å². The van der Waals surface area contributed by atoms with Crippen molar-refractivity contribution in [1.82, 2.24) is 4.31 Å². The second-order valence-corrected chi connectivity index (χ2v) is 9.45. The van der Waals surface area contributed by atoms with Gasteiger partial charge in [0.1, 0.15) is 0 Å². The molecule has 0 spiro atoms. The summed E-state index contributed by atoms with van der Waals surface area (Å²) >= 11 is 5.19. The summed E-state index contributed by atoms with van der Waals surface area (Å²) in [6.07, 6.45) is 0. The summed E-state index contributed by atoms with van der Waals surface area (Å²) in [7, 11) is -3.57. The van der Waals surface area contributed by atoms with Crippen molar-refractivity contribution in [3.05, 3.63) is 27.7 Å². The van der Waals surface area contributed by atoms with Gasteiger partial charge in [-0.05, 0) is 47.0 Å². The maximum Gasteiger partial charge on any atom is 0.244 e. The lowest BCUT2D eigenvalue weighted by atomic mass is 10.1. The molecular weight excluding hydrogens is 374 g/mol. The van der Waals surface area contributed by atoms with Crippen LogP contribution in [-0.2, 0) is 16.6 Å². The van der Waals surface area contributed by atoms with Gasteiger partial charge in [-0.25, -0.2) is 8.42 Å². The van der Waals surface area contributed by atoms with Crippen LogP contribution >= 0.6 is 27.7 Å². The number of halogens is 1. The molecule has 1 aliphatic rings. The zero-order valence-corrected chi connectivity index (χ0v) is 15.6. The predicted octanol–water partition coefficient (Wildman–Crippen LogP) is 2.76. The lowest BCUT2D eigenvalue weighted by molar-refractivity contribution is 0.281. The van der Waals surface area contributed by atoms with Gasteiger partial charge in [0.15, 0.2) is 0 Å². The first-order chi connectivity index (χ1) is 9.78. The van der Waals surface area contributed by atoms with Crippen LogP contribution < -0.4 is 0 Å². The van der Waals surface area contributed by atoms with Gasteiger partial charge in [-0.2, -0.15) is 16.1 Å². The van der Waals surface area contributed by atoms with Gasteiger partial charge in [0.2, 0.25) is 10.0 Å². The van der Waals surface area contributed by atoms with Crippen LogP contribution in [0, 0.1) is 6.92 Å². The minimum absolute atomic E-state index is 0.0428. The predicted molar refractivity (Wildman–Crippen MR) is 90.1 cm³/mol.